The lowest BCUT2D eigenvalue weighted by Gasteiger charge is -2.39. The number of halogens is 1. The zero-order valence-electron chi connectivity index (χ0n) is 14.8. The first-order valence-corrected chi connectivity index (χ1v) is 10.0. The van der Waals surface area contributed by atoms with E-state index in [-0.39, 0.29) is 6.61 Å². The fourth-order valence-electron chi connectivity index (χ4n) is 3.10. The number of thioether (sulfide) groups is 1. The molecule has 0 aliphatic carbocycles. The van der Waals surface area contributed by atoms with Crippen LogP contribution in [0.3, 0.4) is 0 Å². The lowest BCUT2D eigenvalue weighted by atomic mass is 10.00. The summed E-state index contributed by atoms with van der Waals surface area (Å²) in [5.41, 5.74) is 2.31. The number of aryl methyl sites for hydroxylation is 1. The first-order valence-electron chi connectivity index (χ1n) is 8.71. The van der Waals surface area contributed by atoms with Gasteiger partial charge in [0.15, 0.2) is 5.44 Å². The van der Waals surface area contributed by atoms with E-state index < -0.39 is 29.0 Å². The summed E-state index contributed by atoms with van der Waals surface area (Å²) >= 11 is 7.27. The number of hydrogen-bond acceptors (Lipinski definition) is 6. The topological polar surface area (TPSA) is 90.2 Å². The average molecular weight is 411 g/mol. The van der Waals surface area contributed by atoms with Gasteiger partial charge in [-0.1, -0.05) is 35.9 Å². The average Bonchev–Trinajstić information content (AvgIpc) is 2.66. The van der Waals surface area contributed by atoms with Gasteiger partial charge in [-0.25, -0.2) is 0 Å². The quantitative estimate of drug-likeness (QED) is 0.603. The van der Waals surface area contributed by atoms with E-state index in [4.69, 9.17) is 16.3 Å². The first kappa shape index (κ1) is 20.5. The number of hydrogen-bond donors (Lipinski definition) is 4. The number of aliphatic hydroxyl groups excluding tert-OH is 4. The number of ether oxygens (including phenoxy) is 1. The molecule has 0 aromatic heterocycles. The standard InChI is InChI=1S/C20H23ClO5S/c1-11-4-2-3-5-12(11)8-13-9-14(21)6-7-15(13)26-20-19(25)18(24)17(23)16(10-22)27-20/h2-7,9,16-20,22-25H,8,10H2,1H3. The summed E-state index contributed by atoms with van der Waals surface area (Å²) in [7, 11) is 0. The molecule has 1 saturated heterocycles. The summed E-state index contributed by atoms with van der Waals surface area (Å²) in [5, 5.41) is 39.7. The zero-order chi connectivity index (χ0) is 19.6. The highest BCUT2D eigenvalue weighted by atomic mass is 35.5. The van der Waals surface area contributed by atoms with Gasteiger partial charge < -0.3 is 25.2 Å². The van der Waals surface area contributed by atoms with Crippen molar-refractivity contribution >= 4 is 23.4 Å². The highest BCUT2D eigenvalue weighted by molar-refractivity contribution is 8.00. The van der Waals surface area contributed by atoms with Gasteiger partial charge in [-0.2, -0.15) is 0 Å². The lowest BCUT2D eigenvalue weighted by molar-refractivity contribution is -0.0910. The molecule has 2 aromatic carbocycles. The Kier molecular flexibility index (Phi) is 6.68. The van der Waals surface area contributed by atoms with Gasteiger partial charge in [-0.15, -0.1) is 11.8 Å². The van der Waals surface area contributed by atoms with Gasteiger partial charge >= 0.3 is 0 Å². The molecular weight excluding hydrogens is 388 g/mol. The van der Waals surface area contributed by atoms with E-state index in [2.05, 4.69) is 0 Å². The Labute approximate surface area is 167 Å². The van der Waals surface area contributed by atoms with Crippen LogP contribution in [0, 0.1) is 6.92 Å². The van der Waals surface area contributed by atoms with Gasteiger partial charge in [-0.05, 0) is 36.2 Å². The van der Waals surface area contributed by atoms with Crippen molar-refractivity contribution in [3.8, 4) is 5.75 Å². The molecule has 0 bridgehead atoms. The summed E-state index contributed by atoms with van der Waals surface area (Å²) in [6.45, 7) is 1.71. The Bertz CT molecular complexity index is 785. The van der Waals surface area contributed by atoms with E-state index in [0.717, 1.165) is 28.5 Å². The molecule has 5 nitrogen and oxygen atoms in total. The molecule has 0 amide bonds. The highest BCUT2D eigenvalue weighted by Crippen LogP contribution is 2.36. The third-order valence-electron chi connectivity index (χ3n) is 4.76. The molecule has 3 rings (SSSR count). The fourth-order valence-corrected chi connectivity index (χ4v) is 4.53. The maximum absolute atomic E-state index is 10.3. The van der Waals surface area contributed by atoms with Crippen LogP contribution in [0.25, 0.3) is 0 Å². The molecule has 1 aliphatic rings. The summed E-state index contributed by atoms with van der Waals surface area (Å²) in [6.07, 6.45) is -3.29. The Morgan fingerprint density at radius 2 is 1.74 bits per heavy atom. The lowest BCUT2D eigenvalue weighted by Crippen LogP contribution is -2.55. The van der Waals surface area contributed by atoms with Gasteiger partial charge in [0.05, 0.1) is 18.0 Å². The van der Waals surface area contributed by atoms with Crippen LogP contribution in [-0.4, -0.2) is 56.0 Å². The smallest absolute Gasteiger partial charge is 0.173 e. The molecule has 1 fully saturated rings. The molecule has 1 heterocycles. The van der Waals surface area contributed by atoms with Gasteiger partial charge in [0.1, 0.15) is 18.0 Å². The predicted octanol–water partition coefficient (Wildman–Crippen LogP) is 2.13. The molecule has 5 unspecified atom stereocenters. The Morgan fingerprint density at radius 3 is 2.44 bits per heavy atom. The van der Waals surface area contributed by atoms with Gasteiger partial charge in [-0.3, -0.25) is 0 Å². The summed E-state index contributed by atoms with van der Waals surface area (Å²) in [6, 6.07) is 13.3. The second-order valence-corrected chi connectivity index (χ2v) is 8.45. The van der Waals surface area contributed by atoms with E-state index in [0.29, 0.717) is 17.2 Å². The first-order chi connectivity index (χ1) is 12.9. The normalized spacial score (nSPS) is 28.1. The van der Waals surface area contributed by atoms with Gasteiger partial charge in [0.2, 0.25) is 0 Å². The second kappa shape index (κ2) is 8.82. The maximum Gasteiger partial charge on any atom is 0.173 e. The molecule has 2 aromatic rings. The van der Waals surface area contributed by atoms with Gasteiger partial charge in [0, 0.05) is 17.0 Å². The molecule has 146 valence electrons. The molecule has 0 radical (unpaired) electrons. The number of benzene rings is 2. The van der Waals surface area contributed by atoms with Crippen molar-refractivity contribution in [3.05, 3.63) is 64.2 Å². The zero-order valence-corrected chi connectivity index (χ0v) is 16.4. The van der Waals surface area contributed by atoms with Gasteiger partial charge in [0.25, 0.3) is 0 Å². The van der Waals surface area contributed by atoms with Crippen LogP contribution in [0.5, 0.6) is 5.75 Å². The molecule has 7 heteroatoms. The van der Waals surface area contributed by atoms with Crippen LogP contribution < -0.4 is 4.74 Å². The van der Waals surface area contributed by atoms with E-state index in [1.54, 1.807) is 12.1 Å². The van der Waals surface area contributed by atoms with Crippen LogP contribution in [0.1, 0.15) is 16.7 Å². The number of aliphatic hydroxyl groups is 4. The van der Waals surface area contributed by atoms with E-state index in [9.17, 15) is 20.4 Å². The van der Waals surface area contributed by atoms with Crippen molar-refractivity contribution in [3.63, 3.8) is 0 Å². The Balaban J connectivity index is 1.85. The summed E-state index contributed by atoms with van der Waals surface area (Å²) in [5.74, 6) is 0.541. The monoisotopic (exact) mass is 410 g/mol. The third kappa shape index (κ3) is 4.59. The van der Waals surface area contributed by atoms with E-state index in [1.807, 2.05) is 37.3 Å². The van der Waals surface area contributed by atoms with Crippen LogP contribution in [0.2, 0.25) is 5.02 Å². The van der Waals surface area contributed by atoms with Crippen LogP contribution >= 0.6 is 23.4 Å². The Morgan fingerprint density at radius 1 is 1.00 bits per heavy atom. The Hall–Kier alpha value is -1.28. The summed E-state index contributed by atoms with van der Waals surface area (Å²) < 4.78 is 5.99. The van der Waals surface area contributed by atoms with Crippen LogP contribution in [-0.2, 0) is 6.42 Å². The largest absolute Gasteiger partial charge is 0.477 e. The van der Waals surface area contributed by atoms with Crippen molar-refractivity contribution in [2.24, 2.45) is 0 Å². The minimum Gasteiger partial charge on any atom is -0.477 e. The molecular formula is C20H23ClO5S. The van der Waals surface area contributed by atoms with Crippen molar-refractivity contribution in [2.45, 2.75) is 42.3 Å². The predicted molar refractivity (Wildman–Crippen MR) is 106 cm³/mol. The minimum absolute atomic E-state index is 0.327. The van der Waals surface area contributed by atoms with E-state index in [1.165, 1.54) is 0 Å². The molecule has 27 heavy (non-hydrogen) atoms. The minimum atomic E-state index is -1.39. The highest BCUT2D eigenvalue weighted by Gasteiger charge is 2.44. The maximum atomic E-state index is 10.3. The third-order valence-corrected chi connectivity index (χ3v) is 6.41. The van der Waals surface area contributed by atoms with Crippen LogP contribution in [0.4, 0.5) is 0 Å². The molecule has 4 N–H and O–H groups in total. The van der Waals surface area contributed by atoms with Crippen molar-refractivity contribution in [1.82, 2.24) is 0 Å². The molecule has 0 spiro atoms. The summed E-state index contributed by atoms with van der Waals surface area (Å²) in [4.78, 5) is 0. The fraction of sp³-hybridized carbons (Fsp3) is 0.400. The van der Waals surface area contributed by atoms with Crippen molar-refractivity contribution in [2.75, 3.05) is 6.61 Å². The molecule has 0 saturated carbocycles. The second-order valence-electron chi connectivity index (χ2n) is 6.67. The van der Waals surface area contributed by atoms with Crippen molar-refractivity contribution < 1.29 is 25.2 Å². The van der Waals surface area contributed by atoms with Crippen molar-refractivity contribution in [1.29, 1.82) is 0 Å². The molecule has 5 atom stereocenters. The number of rotatable bonds is 5. The van der Waals surface area contributed by atoms with E-state index >= 15 is 0 Å². The SMILES string of the molecule is Cc1ccccc1Cc1cc(Cl)ccc1OC1SC(CO)C(O)C(O)C1O. The van der Waals surface area contributed by atoms with Crippen LogP contribution in [0.15, 0.2) is 42.5 Å². The molecule has 1 aliphatic heterocycles.